The Labute approximate surface area is 150 Å². The fourth-order valence-corrected chi connectivity index (χ4v) is 3.39. The lowest BCUT2D eigenvalue weighted by Gasteiger charge is -2.20. The Morgan fingerprint density at radius 2 is 1.88 bits per heavy atom. The smallest absolute Gasteiger partial charge is 0.318 e. The van der Waals surface area contributed by atoms with E-state index < -0.39 is 11.7 Å². The molecule has 0 radical (unpaired) electrons. The lowest BCUT2D eigenvalue weighted by Crippen LogP contribution is -2.36. The van der Waals surface area contributed by atoms with E-state index in [4.69, 9.17) is 4.74 Å². The van der Waals surface area contributed by atoms with E-state index in [2.05, 4.69) is 9.97 Å². The summed E-state index contributed by atoms with van der Waals surface area (Å²) in [5.74, 6) is -1.93. The number of halogens is 1. The van der Waals surface area contributed by atoms with Crippen molar-refractivity contribution >= 4 is 40.2 Å². The number of carbonyl (C=O) groups excluding carboxylic acids is 2. The molecule has 0 unspecified atom stereocenters. The van der Waals surface area contributed by atoms with Gasteiger partial charge in [0.1, 0.15) is 0 Å². The zero-order valence-electron chi connectivity index (χ0n) is 13.0. The number of thiophene rings is 2. The number of anilines is 1. The number of carbonyl (C=O) groups is 2. The standard InChI is InChI=1S/C16H12FN3O3S2/c1-23-16-18-8-10(17)14(19-16)20(15(22)13-5-3-7-25-13)9-11(21)12-4-2-6-24-12/h2-8H,9H2,1H3. The van der Waals surface area contributed by atoms with E-state index in [-0.39, 0.29) is 24.2 Å². The van der Waals surface area contributed by atoms with Gasteiger partial charge in [0.2, 0.25) is 0 Å². The van der Waals surface area contributed by atoms with Crippen LogP contribution in [0.5, 0.6) is 6.01 Å². The van der Waals surface area contributed by atoms with Gasteiger partial charge in [0.05, 0.1) is 29.6 Å². The van der Waals surface area contributed by atoms with E-state index in [9.17, 15) is 14.0 Å². The van der Waals surface area contributed by atoms with Gasteiger partial charge >= 0.3 is 6.01 Å². The number of ketones is 1. The van der Waals surface area contributed by atoms with Crippen molar-refractivity contribution in [2.24, 2.45) is 0 Å². The molecule has 9 heteroatoms. The molecule has 0 fully saturated rings. The highest BCUT2D eigenvalue weighted by Gasteiger charge is 2.27. The van der Waals surface area contributed by atoms with Crippen molar-refractivity contribution in [3.63, 3.8) is 0 Å². The molecule has 0 aliphatic rings. The second-order valence-electron chi connectivity index (χ2n) is 4.80. The SMILES string of the molecule is COc1ncc(F)c(N(CC(=O)c2cccs2)C(=O)c2cccs2)n1. The summed E-state index contributed by atoms with van der Waals surface area (Å²) in [6.07, 6.45) is 0.908. The van der Waals surface area contributed by atoms with Crippen LogP contribution in [0, 0.1) is 5.82 Å². The van der Waals surface area contributed by atoms with Crippen molar-refractivity contribution in [2.75, 3.05) is 18.6 Å². The lowest BCUT2D eigenvalue weighted by atomic mass is 10.2. The van der Waals surface area contributed by atoms with Crippen molar-refractivity contribution < 1.29 is 18.7 Å². The molecule has 0 saturated carbocycles. The first-order valence-corrected chi connectivity index (χ1v) is 8.84. The summed E-state index contributed by atoms with van der Waals surface area (Å²) in [6.45, 7) is -0.339. The number of rotatable bonds is 6. The molecule has 0 aliphatic carbocycles. The van der Waals surface area contributed by atoms with E-state index in [0.29, 0.717) is 9.75 Å². The number of hydrogen-bond donors (Lipinski definition) is 0. The van der Waals surface area contributed by atoms with Crippen LogP contribution in [0.25, 0.3) is 0 Å². The largest absolute Gasteiger partial charge is 0.467 e. The average Bonchev–Trinajstić information content (AvgIpc) is 3.33. The molecule has 0 atom stereocenters. The third-order valence-corrected chi connectivity index (χ3v) is 4.99. The van der Waals surface area contributed by atoms with Crippen molar-refractivity contribution in [3.05, 3.63) is 56.8 Å². The van der Waals surface area contributed by atoms with Crippen LogP contribution in [-0.2, 0) is 0 Å². The van der Waals surface area contributed by atoms with Gasteiger partial charge in [-0.1, -0.05) is 12.1 Å². The number of amides is 1. The Bertz CT molecular complexity index is 882. The molecular weight excluding hydrogens is 365 g/mol. The van der Waals surface area contributed by atoms with Crippen molar-refractivity contribution in [1.82, 2.24) is 9.97 Å². The lowest BCUT2D eigenvalue weighted by molar-refractivity contribution is 0.0939. The molecule has 25 heavy (non-hydrogen) atoms. The Balaban J connectivity index is 2.00. The number of hydrogen-bond acceptors (Lipinski definition) is 7. The number of aromatic nitrogens is 2. The van der Waals surface area contributed by atoms with Crippen molar-refractivity contribution in [1.29, 1.82) is 0 Å². The molecule has 0 N–H and O–H groups in total. The second kappa shape index (κ2) is 7.49. The molecule has 128 valence electrons. The van der Waals surface area contributed by atoms with Crippen molar-refractivity contribution in [2.45, 2.75) is 0 Å². The van der Waals surface area contributed by atoms with Crippen LogP contribution in [0.2, 0.25) is 0 Å². The van der Waals surface area contributed by atoms with Gasteiger partial charge < -0.3 is 4.74 Å². The fraction of sp³-hybridized carbons (Fsp3) is 0.125. The Kier molecular flexibility index (Phi) is 5.15. The predicted octanol–water partition coefficient (Wildman–Crippen LogP) is 3.28. The quantitative estimate of drug-likeness (QED) is 0.617. The molecule has 0 spiro atoms. The molecule has 0 bridgehead atoms. The van der Waals surface area contributed by atoms with Crippen LogP contribution in [0.3, 0.4) is 0 Å². The fourth-order valence-electron chi connectivity index (χ4n) is 2.07. The van der Waals surface area contributed by atoms with E-state index in [1.54, 1.807) is 35.0 Å². The van der Waals surface area contributed by atoms with Gasteiger partial charge in [-0.25, -0.2) is 9.37 Å². The Morgan fingerprint density at radius 1 is 1.20 bits per heavy atom. The van der Waals surface area contributed by atoms with Gasteiger partial charge in [-0.15, -0.1) is 22.7 Å². The minimum Gasteiger partial charge on any atom is -0.467 e. The molecule has 3 rings (SSSR count). The summed E-state index contributed by atoms with van der Waals surface area (Å²) in [7, 11) is 1.33. The summed E-state index contributed by atoms with van der Waals surface area (Å²) in [5.41, 5.74) is 0. The Hall–Kier alpha value is -2.65. The van der Waals surface area contributed by atoms with Crippen LogP contribution in [0.1, 0.15) is 19.3 Å². The van der Waals surface area contributed by atoms with E-state index >= 15 is 0 Å². The third kappa shape index (κ3) is 3.72. The molecule has 3 heterocycles. The number of nitrogens with zero attached hydrogens (tertiary/aromatic N) is 3. The summed E-state index contributed by atoms with van der Waals surface area (Å²) >= 11 is 2.45. The van der Waals surface area contributed by atoms with Gasteiger partial charge in [0.25, 0.3) is 5.91 Å². The maximum Gasteiger partial charge on any atom is 0.318 e. The predicted molar refractivity (Wildman–Crippen MR) is 93.2 cm³/mol. The first-order valence-electron chi connectivity index (χ1n) is 7.08. The van der Waals surface area contributed by atoms with Gasteiger partial charge in [0.15, 0.2) is 17.4 Å². The first kappa shape index (κ1) is 17.2. The molecule has 3 aromatic rings. The highest BCUT2D eigenvalue weighted by Crippen LogP contribution is 2.23. The van der Waals surface area contributed by atoms with Crippen LogP contribution < -0.4 is 9.64 Å². The molecule has 1 amide bonds. The first-order chi connectivity index (χ1) is 12.1. The maximum absolute atomic E-state index is 14.3. The van der Waals surface area contributed by atoms with E-state index in [1.807, 2.05) is 0 Å². The van der Waals surface area contributed by atoms with Gasteiger partial charge in [-0.2, -0.15) is 4.98 Å². The molecule has 3 aromatic heterocycles. The summed E-state index contributed by atoms with van der Waals surface area (Å²) in [6, 6.07) is 6.60. The molecule has 0 aliphatic heterocycles. The molecule has 0 aromatic carbocycles. The molecule has 6 nitrogen and oxygen atoms in total. The zero-order chi connectivity index (χ0) is 17.8. The summed E-state index contributed by atoms with van der Waals surface area (Å²) < 4.78 is 19.2. The summed E-state index contributed by atoms with van der Waals surface area (Å²) in [5, 5.41) is 3.48. The number of methoxy groups -OCH3 is 1. The molecular formula is C16H12FN3O3S2. The average molecular weight is 377 g/mol. The Morgan fingerprint density at radius 3 is 2.48 bits per heavy atom. The van der Waals surface area contributed by atoms with Crippen molar-refractivity contribution in [3.8, 4) is 6.01 Å². The van der Waals surface area contributed by atoms with E-state index in [1.165, 1.54) is 29.8 Å². The third-order valence-electron chi connectivity index (χ3n) is 3.22. The van der Waals surface area contributed by atoms with E-state index in [0.717, 1.165) is 11.1 Å². The van der Waals surface area contributed by atoms with Crippen LogP contribution in [0.4, 0.5) is 10.2 Å². The van der Waals surface area contributed by atoms with Gasteiger partial charge in [-0.3, -0.25) is 14.5 Å². The van der Waals surface area contributed by atoms with Gasteiger partial charge in [0, 0.05) is 0 Å². The second-order valence-corrected chi connectivity index (χ2v) is 6.69. The highest BCUT2D eigenvalue weighted by molar-refractivity contribution is 7.12. The maximum atomic E-state index is 14.3. The monoisotopic (exact) mass is 377 g/mol. The highest BCUT2D eigenvalue weighted by atomic mass is 32.1. The van der Waals surface area contributed by atoms with Gasteiger partial charge in [-0.05, 0) is 22.9 Å². The summed E-state index contributed by atoms with van der Waals surface area (Å²) in [4.78, 5) is 34.7. The van der Waals surface area contributed by atoms with Crippen LogP contribution in [0.15, 0.2) is 41.2 Å². The normalized spacial score (nSPS) is 10.5. The minimum absolute atomic E-state index is 0.0936. The van der Waals surface area contributed by atoms with Crippen LogP contribution in [-0.4, -0.2) is 35.3 Å². The zero-order valence-corrected chi connectivity index (χ0v) is 14.6. The number of ether oxygens (including phenoxy) is 1. The van der Waals surface area contributed by atoms with Crippen LogP contribution >= 0.6 is 22.7 Å². The topological polar surface area (TPSA) is 72.4 Å². The molecule has 0 saturated heterocycles. The minimum atomic E-state index is -0.815. The number of Topliss-reactive ketones (excluding diaryl/α,β-unsaturated/α-hetero) is 1.